The van der Waals surface area contributed by atoms with Gasteiger partial charge in [-0.3, -0.25) is 4.79 Å². The normalized spacial score (nSPS) is 10.4. The molecule has 0 spiro atoms. The first-order valence-corrected chi connectivity index (χ1v) is 6.59. The van der Waals surface area contributed by atoms with Crippen molar-refractivity contribution in [2.45, 2.75) is 20.3 Å². The molecule has 0 saturated carbocycles. The number of nitrogens with zero attached hydrogens (tertiary/aromatic N) is 1. The molecule has 7 heteroatoms. The van der Waals surface area contributed by atoms with Crippen molar-refractivity contribution < 1.29 is 19.2 Å². The van der Waals surface area contributed by atoms with E-state index in [1.165, 1.54) is 18.2 Å². The largest absolute Gasteiger partial charge is 0.545 e. The molecule has 0 atom stereocenters. The summed E-state index contributed by atoms with van der Waals surface area (Å²) in [7, 11) is 0. The number of halogens is 1. The van der Waals surface area contributed by atoms with Crippen molar-refractivity contribution in [3.8, 4) is 0 Å². The number of aromatic carboxylic acids is 1. The van der Waals surface area contributed by atoms with Gasteiger partial charge in [-0.15, -0.1) is 0 Å². The Balaban J connectivity index is 2.38. The van der Waals surface area contributed by atoms with E-state index in [1.807, 2.05) is 6.92 Å². The highest BCUT2D eigenvalue weighted by Crippen LogP contribution is 2.23. The van der Waals surface area contributed by atoms with Crippen LogP contribution in [-0.2, 0) is 6.42 Å². The van der Waals surface area contributed by atoms with Gasteiger partial charge in [0.1, 0.15) is 11.3 Å². The first-order valence-electron chi connectivity index (χ1n) is 6.21. The average Bonchev–Trinajstić information content (AvgIpc) is 2.79. The fourth-order valence-corrected chi connectivity index (χ4v) is 2.11. The third kappa shape index (κ3) is 3.05. The van der Waals surface area contributed by atoms with Gasteiger partial charge in [0.2, 0.25) is 0 Å². The lowest BCUT2D eigenvalue weighted by Crippen LogP contribution is -2.25. The van der Waals surface area contributed by atoms with Gasteiger partial charge in [-0.1, -0.05) is 23.7 Å². The van der Waals surface area contributed by atoms with Crippen molar-refractivity contribution in [3.63, 3.8) is 0 Å². The molecule has 1 heterocycles. The first-order chi connectivity index (χ1) is 9.93. The standard InChI is InChI=1S/C14H13ClN2O4/c1-3-10-12(7(2)21-17-10)13(18)16-11-6-8(15)4-5-9(11)14(19)20/h4-6H,3H2,1-2H3,(H,16,18)(H,19,20)/p-1. The van der Waals surface area contributed by atoms with Crippen LogP contribution in [-0.4, -0.2) is 17.0 Å². The molecular formula is C14H12ClN2O4-. The zero-order valence-corrected chi connectivity index (χ0v) is 12.2. The number of carboxylic acids is 1. The molecule has 6 nitrogen and oxygen atoms in total. The van der Waals surface area contributed by atoms with E-state index < -0.39 is 11.9 Å². The molecule has 0 aliphatic rings. The quantitative estimate of drug-likeness (QED) is 0.929. The third-order valence-electron chi connectivity index (χ3n) is 2.95. The Kier molecular flexibility index (Phi) is 4.28. The summed E-state index contributed by atoms with van der Waals surface area (Å²) in [5.74, 6) is -1.54. The van der Waals surface area contributed by atoms with Gasteiger partial charge in [0.25, 0.3) is 5.91 Å². The molecule has 2 rings (SSSR count). The van der Waals surface area contributed by atoms with Crippen LogP contribution in [0.25, 0.3) is 0 Å². The van der Waals surface area contributed by atoms with Crippen molar-refractivity contribution >= 4 is 29.2 Å². The van der Waals surface area contributed by atoms with Crippen molar-refractivity contribution in [2.75, 3.05) is 5.32 Å². The summed E-state index contributed by atoms with van der Waals surface area (Å²) in [5.41, 5.74) is 0.707. The molecule has 1 N–H and O–H groups in total. The van der Waals surface area contributed by atoms with Crippen LogP contribution in [0.15, 0.2) is 22.7 Å². The molecule has 0 saturated heterocycles. The van der Waals surface area contributed by atoms with E-state index in [0.717, 1.165) is 0 Å². The van der Waals surface area contributed by atoms with Gasteiger partial charge < -0.3 is 19.7 Å². The molecule has 0 aliphatic carbocycles. The number of benzene rings is 1. The molecule has 0 aliphatic heterocycles. The second-order valence-electron chi connectivity index (χ2n) is 4.35. The summed E-state index contributed by atoms with van der Waals surface area (Å²) >= 11 is 5.82. The summed E-state index contributed by atoms with van der Waals surface area (Å²) in [6, 6.07) is 4.03. The minimum Gasteiger partial charge on any atom is -0.545 e. The molecular weight excluding hydrogens is 296 g/mol. The van der Waals surface area contributed by atoms with E-state index in [-0.39, 0.29) is 11.3 Å². The molecule has 2 aromatic rings. The second-order valence-corrected chi connectivity index (χ2v) is 4.78. The van der Waals surface area contributed by atoms with Crippen molar-refractivity contribution in [1.29, 1.82) is 0 Å². The van der Waals surface area contributed by atoms with E-state index in [4.69, 9.17) is 16.1 Å². The number of amides is 1. The lowest BCUT2D eigenvalue weighted by Gasteiger charge is -2.12. The zero-order chi connectivity index (χ0) is 15.6. The molecule has 0 radical (unpaired) electrons. The van der Waals surface area contributed by atoms with Crippen LogP contribution >= 0.6 is 11.6 Å². The molecule has 0 unspecified atom stereocenters. The van der Waals surface area contributed by atoms with Crippen LogP contribution in [0.1, 0.15) is 39.1 Å². The lowest BCUT2D eigenvalue weighted by atomic mass is 10.1. The van der Waals surface area contributed by atoms with Gasteiger partial charge in [-0.2, -0.15) is 0 Å². The fourth-order valence-electron chi connectivity index (χ4n) is 1.93. The highest BCUT2D eigenvalue weighted by atomic mass is 35.5. The lowest BCUT2D eigenvalue weighted by molar-refractivity contribution is -0.254. The molecule has 110 valence electrons. The molecule has 0 fully saturated rings. The summed E-state index contributed by atoms with van der Waals surface area (Å²) < 4.78 is 4.98. The van der Waals surface area contributed by atoms with Gasteiger partial charge in [0, 0.05) is 10.6 Å². The monoisotopic (exact) mass is 307 g/mol. The number of anilines is 1. The van der Waals surface area contributed by atoms with E-state index in [0.29, 0.717) is 28.5 Å². The number of hydrogen-bond acceptors (Lipinski definition) is 5. The number of rotatable bonds is 4. The number of aryl methyl sites for hydroxylation is 2. The fraction of sp³-hybridized carbons (Fsp3) is 0.214. The predicted octanol–water partition coefficient (Wildman–Crippen LogP) is 1.81. The Morgan fingerprint density at radius 3 is 2.76 bits per heavy atom. The number of aromatic nitrogens is 1. The van der Waals surface area contributed by atoms with Crippen LogP contribution < -0.4 is 10.4 Å². The van der Waals surface area contributed by atoms with Crippen LogP contribution in [0.5, 0.6) is 0 Å². The summed E-state index contributed by atoms with van der Waals surface area (Å²) in [6.07, 6.45) is 0.517. The predicted molar refractivity (Wildman–Crippen MR) is 74.4 cm³/mol. The SMILES string of the molecule is CCc1noc(C)c1C(=O)Nc1cc(Cl)ccc1C(=O)[O-]. The molecule has 1 aromatic carbocycles. The minimum absolute atomic E-state index is 0.0650. The number of hydrogen-bond donors (Lipinski definition) is 1. The topological polar surface area (TPSA) is 95.3 Å². The van der Waals surface area contributed by atoms with Gasteiger partial charge in [0.15, 0.2) is 0 Å². The van der Waals surface area contributed by atoms with E-state index >= 15 is 0 Å². The summed E-state index contributed by atoms with van der Waals surface area (Å²) in [6.45, 7) is 3.44. The second kappa shape index (κ2) is 5.97. The number of nitrogens with one attached hydrogen (secondary N) is 1. The Morgan fingerprint density at radius 1 is 1.43 bits per heavy atom. The van der Waals surface area contributed by atoms with Crippen LogP contribution in [0.4, 0.5) is 5.69 Å². The molecule has 21 heavy (non-hydrogen) atoms. The van der Waals surface area contributed by atoms with Gasteiger partial charge in [-0.05, 0) is 31.5 Å². The molecule has 1 amide bonds. The summed E-state index contributed by atoms with van der Waals surface area (Å²) in [4.78, 5) is 23.3. The van der Waals surface area contributed by atoms with E-state index in [9.17, 15) is 14.7 Å². The number of carbonyl (C=O) groups excluding carboxylic acids is 2. The highest BCUT2D eigenvalue weighted by Gasteiger charge is 2.20. The maximum absolute atomic E-state index is 12.3. The molecule has 0 bridgehead atoms. The van der Waals surface area contributed by atoms with E-state index in [2.05, 4.69) is 10.5 Å². The van der Waals surface area contributed by atoms with Gasteiger partial charge in [0.05, 0.1) is 17.4 Å². The Bertz CT molecular complexity index is 709. The average molecular weight is 308 g/mol. The van der Waals surface area contributed by atoms with Crippen LogP contribution in [0.3, 0.4) is 0 Å². The Morgan fingerprint density at radius 2 is 2.14 bits per heavy atom. The van der Waals surface area contributed by atoms with Crippen molar-refractivity contribution in [1.82, 2.24) is 5.16 Å². The van der Waals surface area contributed by atoms with Gasteiger partial charge in [-0.25, -0.2) is 0 Å². The Hall–Kier alpha value is -2.34. The summed E-state index contributed by atoms with van der Waals surface area (Å²) in [5, 5.41) is 17.6. The van der Waals surface area contributed by atoms with Crippen molar-refractivity contribution in [3.05, 3.63) is 45.8 Å². The number of carbonyl (C=O) groups is 2. The third-order valence-corrected chi connectivity index (χ3v) is 3.18. The Labute approximate surface area is 125 Å². The maximum Gasteiger partial charge on any atom is 0.261 e. The maximum atomic E-state index is 12.3. The highest BCUT2D eigenvalue weighted by molar-refractivity contribution is 6.31. The van der Waals surface area contributed by atoms with Crippen molar-refractivity contribution in [2.24, 2.45) is 0 Å². The van der Waals surface area contributed by atoms with Crippen LogP contribution in [0, 0.1) is 6.92 Å². The molecule has 1 aromatic heterocycles. The smallest absolute Gasteiger partial charge is 0.261 e. The minimum atomic E-state index is -1.40. The van der Waals surface area contributed by atoms with Crippen LogP contribution in [0.2, 0.25) is 5.02 Å². The van der Waals surface area contributed by atoms with E-state index in [1.54, 1.807) is 6.92 Å². The first kappa shape index (κ1) is 15.1. The number of carboxylic acid groups (broad SMARTS) is 1. The van der Waals surface area contributed by atoms with Gasteiger partial charge >= 0.3 is 0 Å². The zero-order valence-electron chi connectivity index (χ0n) is 11.4.